The fraction of sp³-hybridized carbons (Fsp3) is 0.0357. The number of benzene rings is 5. The van der Waals surface area contributed by atoms with Gasteiger partial charge in [-0.05, 0) is 68.1 Å². The van der Waals surface area contributed by atoms with Gasteiger partial charge < -0.3 is 9.84 Å². The van der Waals surface area contributed by atoms with Crippen LogP contribution in [0.15, 0.2) is 97.1 Å². The van der Waals surface area contributed by atoms with E-state index in [0.717, 1.165) is 49.5 Å². The summed E-state index contributed by atoms with van der Waals surface area (Å²) in [6.07, 6.45) is 0. The SMILES string of the molecule is COc1cccc(-c2c3ccccc3c(-c3ccc(C(=O)O)cc3)c3ccccc23)c1. The van der Waals surface area contributed by atoms with Crippen molar-refractivity contribution in [1.82, 2.24) is 0 Å². The Labute approximate surface area is 180 Å². The molecule has 0 radical (unpaired) electrons. The van der Waals surface area contributed by atoms with E-state index in [2.05, 4.69) is 48.5 Å². The number of carboxylic acid groups (broad SMARTS) is 1. The molecule has 31 heavy (non-hydrogen) atoms. The zero-order valence-electron chi connectivity index (χ0n) is 17.0. The summed E-state index contributed by atoms with van der Waals surface area (Å²) in [6, 6.07) is 32.0. The molecular formula is C28H20O3. The van der Waals surface area contributed by atoms with Gasteiger partial charge >= 0.3 is 5.97 Å². The zero-order valence-corrected chi connectivity index (χ0v) is 17.0. The predicted molar refractivity (Wildman–Crippen MR) is 126 cm³/mol. The first kappa shape index (κ1) is 18.9. The van der Waals surface area contributed by atoms with Gasteiger partial charge in [0.15, 0.2) is 0 Å². The Hall–Kier alpha value is -4.11. The number of aromatic carboxylic acids is 1. The number of fused-ring (bicyclic) bond motifs is 2. The molecule has 1 N–H and O–H groups in total. The average Bonchev–Trinajstić information content (AvgIpc) is 2.82. The van der Waals surface area contributed by atoms with E-state index < -0.39 is 5.97 Å². The first-order valence-electron chi connectivity index (χ1n) is 10.1. The standard InChI is InChI=1S/C28H20O3/c1-31-21-8-6-7-20(17-21)27-24-11-4-2-9-22(24)26(23-10-3-5-12-25(23)27)18-13-15-19(16-14-18)28(29)30/h2-17H,1H3,(H,29,30). The zero-order chi connectivity index (χ0) is 21.4. The summed E-state index contributed by atoms with van der Waals surface area (Å²) in [4.78, 5) is 11.3. The minimum atomic E-state index is -0.922. The lowest BCUT2D eigenvalue weighted by atomic mass is 9.86. The molecule has 0 saturated carbocycles. The van der Waals surface area contributed by atoms with Crippen molar-refractivity contribution in [3.63, 3.8) is 0 Å². The smallest absolute Gasteiger partial charge is 0.335 e. The van der Waals surface area contributed by atoms with Crippen molar-refractivity contribution in [2.24, 2.45) is 0 Å². The van der Waals surface area contributed by atoms with Crippen LogP contribution >= 0.6 is 0 Å². The Balaban J connectivity index is 1.89. The second-order valence-electron chi connectivity index (χ2n) is 7.46. The molecule has 0 spiro atoms. The number of carboxylic acids is 1. The molecule has 3 nitrogen and oxygen atoms in total. The number of methoxy groups -OCH3 is 1. The normalized spacial score (nSPS) is 11.0. The number of hydrogen-bond donors (Lipinski definition) is 1. The highest BCUT2D eigenvalue weighted by Crippen LogP contribution is 2.43. The molecule has 0 amide bonds. The second-order valence-corrected chi connectivity index (χ2v) is 7.46. The topological polar surface area (TPSA) is 46.5 Å². The lowest BCUT2D eigenvalue weighted by molar-refractivity contribution is 0.0697. The highest BCUT2D eigenvalue weighted by molar-refractivity contribution is 6.21. The van der Waals surface area contributed by atoms with Crippen molar-refractivity contribution in [2.75, 3.05) is 7.11 Å². The van der Waals surface area contributed by atoms with Gasteiger partial charge in [-0.2, -0.15) is 0 Å². The minimum absolute atomic E-state index is 0.283. The predicted octanol–water partition coefficient (Wildman–Crippen LogP) is 7.03. The average molecular weight is 404 g/mol. The lowest BCUT2D eigenvalue weighted by Gasteiger charge is -2.18. The number of ether oxygens (including phenoxy) is 1. The molecule has 3 heteroatoms. The van der Waals surface area contributed by atoms with Gasteiger partial charge in [-0.1, -0.05) is 72.8 Å². The summed E-state index contributed by atoms with van der Waals surface area (Å²) in [6.45, 7) is 0. The summed E-state index contributed by atoms with van der Waals surface area (Å²) in [5.74, 6) is -0.103. The van der Waals surface area contributed by atoms with Gasteiger partial charge in [0.25, 0.3) is 0 Å². The summed E-state index contributed by atoms with van der Waals surface area (Å²) < 4.78 is 5.48. The Morgan fingerprint density at radius 1 is 0.645 bits per heavy atom. The van der Waals surface area contributed by atoms with Crippen LogP contribution in [0.25, 0.3) is 43.8 Å². The highest BCUT2D eigenvalue weighted by atomic mass is 16.5. The van der Waals surface area contributed by atoms with Crippen LogP contribution in [0, 0.1) is 0 Å². The Morgan fingerprint density at radius 3 is 1.65 bits per heavy atom. The largest absolute Gasteiger partial charge is 0.497 e. The Morgan fingerprint density at radius 2 is 1.16 bits per heavy atom. The maximum atomic E-state index is 11.3. The van der Waals surface area contributed by atoms with Crippen molar-refractivity contribution in [2.45, 2.75) is 0 Å². The number of carbonyl (C=O) groups is 1. The van der Waals surface area contributed by atoms with Crippen LogP contribution in [0.2, 0.25) is 0 Å². The van der Waals surface area contributed by atoms with Gasteiger partial charge in [0, 0.05) is 0 Å². The summed E-state index contributed by atoms with van der Waals surface area (Å²) >= 11 is 0. The van der Waals surface area contributed by atoms with Crippen molar-refractivity contribution in [3.05, 3.63) is 103 Å². The third kappa shape index (κ3) is 3.21. The molecule has 0 fully saturated rings. The molecule has 0 aromatic heterocycles. The second kappa shape index (κ2) is 7.62. The number of hydrogen-bond acceptors (Lipinski definition) is 2. The van der Waals surface area contributed by atoms with E-state index in [9.17, 15) is 9.90 Å². The summed E-state index contributed by atoms with van der Waals surface area (Å²) in [5, 5.41) is 13.8. The first-order valence-corrected chi connectivity index (χ1v) is 10.1. The Kier molecular flexibility index (Phi) is 4.64. The van der Waals surface area contributed by atoms with E-state index in [1.54, 1.807) is 19.2 Å². The van der Waals surface area contributed by atoms with Gasteiger partial charge in [0.2, 0.25) is 0 Å². The van der Waals surface area contributed by atoms with Crippen molar-refractivity contribution < 1.29 is 14.6 Å². The summed E-state index contributed by atoms with van der Waals surface area (Å²) in [5.41, 5.74) is 4.64. The molecule has 0 aliphatic heterocycles. The van der Waals surface area contributed by atoms with E-state index in [1.807, 2.05) is 36.4 Å². The third-order valence-electron chi connectivity index (χ3n) is 5.71. The fourth-order valence-corrected chi connectivity index (χ4v) is 4.31. The van der Waals surface area contributed by atoms with Crippen LogP contribution in [-0.4, -0.2) is 18.2 Å². The van der Waals surface area contributed by atoms with Crippen LogP contribution in [0.3, 0.4) is 0 Å². The molecule has 0 aliphatic rings. The molecule has 0 bridgehead atoms. The molecular weight excluding hydrogens is 384 g/mol. The molecule has 0 atom stereocenters. The van der Waals surface area contributed by atoms with Gasteiger partial charge in [0.05, 0.1) is 12.7 Å². The van der Waals surface area contributed by atoms with Crippen LogP contribution in [-0.2, 0) is 0 Å². The molecule has 150 valence electrons. The maximum Gasteiger partial charge on any atom is 0.335 e. The van der Waals surface area contributed by atoms with Gasteiger partial charge in [-0.25, -0.2) is 4.79 Å². The molecule has 0 heterocycles. The van der Waals surface area contributed by atoms with E-state index in [1.165, 1.54) is 0 Å². The maximum absolute atomic E-state index is 11.3. The molecule has 0 unspecified atom stereocenters. The first-order chi connectivity index (χ1) is 15.2. The monoisotopic (exact) mass is 404 g/mol. The lowest BCUT2D eigenvalue weighted by Crippen LogP contribution is -1.96. The minimum Gasteiger partial charge on any atom is -0.497 e. The van der Waals surface area contributed by atoms with E-state index in [-0.39, 0.29) is 5.56 Å². The van der Waals surface area contributed by atoms with Gasteiger partial charge in [0.1, 0.15) is 5.75 Å². The third-order valence-corrected chi connectivity index (χ3v) is 5.71. The Bertz CT molecular complexity index is 1380. The summed E-state index contributed by atoms with van der Waals surface area (Å²) in [7, 11) is 1.68. The molecule has 0 aliphatic carbocycles. The molecule has 5 rings (SSSR count). The van der Waals surface area contributed by atoms with Crippen molar-refractivity contribution in [1.29, 1.82) is 0 Å². The van der Waals surface area contributed by atoms with Crippen LogP contribution < -0.4 is 4.74 Å². The molecule has 0 saturated heterocycles. The molecule has 5 aromatic rings. The molecule has 5 aromatic carbocycles. The highest BCUT2D eigenvalue weighted by Gasteiger charge is 2.16. The van der Waals surface area contributed by atoms with Gasteiger partial charge in [-0.15, -0.1) is 0 Å². The van der Waals surface area contributed by atoms with E-state index >= 15 is 0 Å². The quantitative estimate of drug-likeness (QED) is 0.327. The van der Waals surface area contributed by atoms with E-state index in [0.29, 0.717) is 0 Å². The van der Waals surface area contributed by atoms with Gasteiger partial charge in [-0.3, -0.25) is 0 Å². The van der Waals surface area contributed by atoms with E-state index in [4.69, 9.17) is 4.74 Å². The van der Waals surface area contributed by atoms with Crippen LogP contribution in [0.5, 0.6) is 5.75 Å². The van der Waals surface area contributed by atoms with Crippen LogP contribution in [0.4, 0.5) is 0 Å². The number of rotatable bonds is 4. The fourth-order valence-electron chi connectivity index (χ4n) is 4.31. The van der Waals surface area contributed by atoms with Crippen LogP contribution in [0.1, 0.15) is 10.4 Å². The van der Waals surface area contributed by atoms with Crippen molar-refractivity contribution >= 4 is 27.5 Å². The van der Waals surface area contributed by atoms with Crippen molar-refractivity contribution in [3.8, 4) is 28.0 Å².